The zero-order valence-corrected chi connectivity index (χ0v) is 25.2. The van der Waals surface area contributed by atoms with Gasteiger partial charge in [-0.15, -0.1) is 0 Å². The molecule has 0 aromatic rings. The molecule has 0 radical (unpaired) electrons. The van der Waals surface area contributed by atoms with Gasteiger partial charge >= 0.3 is 5.97 Å². The molecule has 5 fully saturated rings. The number of esters is 1. The molecule has 0 N–H and O–H groups in total. The molecule has 1 saturated heterocycles. The van der Waals surface area contributed by atoms with Crippen molar-refractivity contribution in [1.82, 2.24) is 0 Å². The fourth-order valence-corrected chi connectivity index (χ4v) is 11.3. The first-order valence-corrected chi connectivity index (χ1v) is 15.6. The molecule has 4 heteroatoms. The summed E-state index contributed by atoms with van der Waals surface area (Å²) in [6, 6.07) is 0. The fraction of sp³-hybridized carbons (Fsp3) is 0.853. The van der Waals surface area contributed by atoms with Gasteiger partial charge in [-0.3, -0.25) is 4.79 Å². The van der Waals surface area contributed by atoms with E-state index >= 15 is 0 Å². The van der Waals surface area contributed by atoms with Crippen molar-refractivity contribution >= 4 is 5.97 Å². The van der Waals surface area contributed by atoms with Crippen molar-refractivity contribution < 1.29 is 19.0 Å². The van der Waals surface area contributed by atoms with Crippen molar-refractivity contribution in [1.29, 1.82) is 0 Å². The van der Waals surface area contributed by atoms with Crippen molar-refractivity contribution in [3.63, 3.8) is 0 Å². The molecule has 214 valence electrons. The van der Waals surface area contributed by atoms with E-state index in [0.717, 1.165) is 26.1 Å². The quantitative estimate of drug-likeness (QED) is 0.248. The molecule has 0 bridgehead atoms. The Kier molecular flexibility index (Phi) is 7.51. The summed E-state index contributed by atoms with van der Waals surface area (Å²) < 4.78 is 17.6. The highest BCUT2D eigenvalue weighted by Gasteiger charge is 2.69. The molecule has 0 spiro atoms. The minimum atomic E-state index is -0.134. The molecule has 5 aliphatic rings. The maximum Gasteiger partial charge on any atom is 0.302 e. The molecule has 4 aliphatic carbocycles. The van der Waals surface area contributed by atoms with Crippen molar-refractivity contribution in [2.75, 3.05) is 19.8 Å². The first-order valence-electron chi connectivity index (χ1n) is 15.6. The highest BCUT2D eigenvalue weighted by Crippen LogP contribution is 2.76. The van der Waals surface area contributed by atoms with E-state index in [1.54, 1.807) is 6.92 Å². The molecule has 1 aliphatic heterocycles. The molecule has 4 saturated carbocycles. The molecule has 1 heterocycles. The topological polar surface area (TPSA) is 44.8 Å². The van der Waals surface area contributed by atoms with Crippen LogP contribution in [0.3, 0.4) is 0 Å². The van der Waals surface area contributed by atoms with Crippen LogP contribution < -0.4 is 0 Å². The van der Waals surface area contributed by atoms with Crippen LogP contribution in [-0.4, -0.2) is 32.1 Å². The van der Waals surface area contributed by atoms with Gasteiger partial charge in [0.1, 0.15) is 0 Å². The SMILES string of the molecule is C=C(C)[C@@H]1CC[C@]2(COC(C)=O)CC[C@]3(C)[C@H](CC[C@@H]4[C@@](C)(CCC5OCCO5)[C@H](C(=C)C)CC[C@]43C)[C@@H]12. The second-order valence-corrected chi connectivity index (χ2v) is 14.9. The van der Waals surface area contributed by atoms with Gasteiger partial charge in [-0.1, -0.05) is 45.1 Å². The lowest BCUT2D eigenvalue weighted by atomic mass is 9.34. The highest BCUT2D eigenvalue weighted by atomic mass is 16.7. The van der Waals surface area contributed by atoms with Gasteiger partial charge in [0.25, 0.3) is 0 Å². The molecule has 0 amide bonds. The van der Waals surface area contributed by atoms with Gasteiger partial charge < -0.3 is 14.2 Å². The van der Waals surface area contributed by atoms with Gasteiger partial charge in [0.2, 0.25) is 0 Å². The molecule has 38 heavy (non-hydrogen) atoms. The molecular weight excluding hydrogens is 472 g/mol. The third kappa shape index (κ3) is 4.26. The van der Waals surface area contributed by atoms with E-state index in [2.05, 4.69) is 47.8 Å². The van der Waals surface area contributed by atoms with E-state index in [4.69, 9.17) is 14.2 Å². The summed E-state index contributed by atoms with van der Waals surface area (Å²) in [6.45, 7) is 25.1. The number of carbonyl (C=O) groups excluding carboxylic acids is 1. The smallest absolute Gasteiger partial charge is 0.302 e. The van der Waals surface area contributed by atoms with Gasteiger partial charge in [-0.25, -0.2) is 0 Å². The van der Waals surface area contributed by atoms with Gasteiger partial charge in [-0.2, -0.15) is 0 Å². The van der Waals surface area contributed by atoms with E-state index in [9.17, 15) is 4.79 Å². The normalized spacial score (nSPS) is 46.6. The van der Waals surface area contributed by atoms with Crippen molar-refractivity contribution in [3.05, 3.63) is 24.3 Å². The lowest BCUT2D eigenvalue weighted by Crippen LogP contribution is -2.64. The Morgan fingerprint density at radius 3 is 2.21 bits per heavy atom. The van der Waals surface area contributed by atoms with Gasteiger partial charge in [0.15, 0.2) is 6.29 Å². The Labute approximate surface area is 232 Å². The third-order valence-electron chi connectivity index (χ3n) is 13.3. The summed E-state index contributed by atoms with van der Waals surface area (Å²) >= 11 is 0. The van der Waals surface area contributed by atoms with Crippen molar-refractivity contribution in [2.45, 2.75) is 112 Å². The number of hydrogen-bond donors (Lipinski definition) is 0. The van der Waals surface area contributed by atoms with Crippen LogP contribution in [0.4, 0.5) is 0 Å². The van der Waals surface area contributed by atoms with Gasteiger partial charge in [-0.05, 0) is 124 Å². The average Bonchev–Trinajstić information content (AvgIpc) is 3.50. The molecule has 0 aromatic carbocycles. The minimum absolute atomic E-state index is 0.0379. The van der Waals surface area contributed by atoms with Crippen LogP contribution in [0.2, 0.25) is 0 Å². The molecular formula is C34H54O4. The van der Waals surface area contributed by atoms with E-state index < -0.39 is 0 Å². The number of carbonyl (C=O) groups is 1. The van der Waals surface area contributed by atoms with Crippen LogP contribution in [0.25, 0.3) is 0 Å². The Hall–Kier alpha value is -1.13. The Morgan fingerprint density at radius 2 is 1.58 bits per heavy atom. The molecule has 0 unspecified atom stereocenters. The Balaban J connectivity index is 1.49. The minimum Gasteiger partial charge on any atom is -0.465 e. The maximum absolute atomic E-state index is 11.9. The summed E-state index contributed by atoms with van der Waals surface area (Å²) in [7, 11) is 0. The molecule has 9 atom stereocenters. The maximum atomic E-state index is 11.9. The van der Waals surface area contributed by atoms with Crippen LogP contribution in [-0.2, 0) is 19.0 Å². The fourth-order valence-electron chi connectivity index (χ4n) is 11.3. The standard InChI is InChI=1S/C34H54O4/c1-22(2)25-11-16-34(21-38-24(5)35)18-17-32(7)27(30(25)34)9-10-28-31(6,14-13-29-36-19-20-37-29)26(23(3)4)12-15-33(28,32)8/h25-30H,1,3,9-21H2,2,4-8H3/t25-,26-,27+,28+,30+,31-,32+,33+,34+/m0/s1. The second-order valence-electron chi connectivity index (χ2n) is 14.9. The predicted octanol–water partition coefficient (Wildman–Crippen LogP) is 8.12. The van der Waals surface area contributed by atoms with Crippen LogP contribution in [0.15, 0.2) is 24.3 Å². The zero-order chi connectivity index (χ0) is 27.5. The Bertz CT molecular complexity index is 950. The largest absolute Gasteiger partial charge is 0.465 e. The van der Waals surface area contributed by atoms with E-state index in [0.29, 0.717) is 36.2 Å². The van der Waals surface area contributed by atoms with Crippen LogP contribution in [0.5, 0.6) is 0 Å². The first-order chi connectivity index (χ1) is 17.9. The molecule has 0 aromatic heterocycles. The summed E-state index contributed by atoms with van der Waals surface area (Å²) in [5.74, 6) is 2.86. The zero-order valence-electron chi connectivity index (χ0n) is 25.2. The van der Waals surface area contributed by atoms with E-state index in [1.165, 1.54) is 62.5 Å². The van der Waals surface area contributed by atoms with E-state index in [1.807, 2.05) is 0 Å². The summed E-state index contributed by atoms with van der Waals surface area (Å²) in [4.78, 5) is 11.9. The van der Waals surface area contributed by atoms with E-state index in [-0.39, 0.29) is 33.9 Å². The van der Waals surface area contributed by atoms with Crippen LogP contribution in [0.1, 0.15) is 106 Å². The predicted molar refractivity (Wildman–Crippen MR) is 152 cm³/mol. The summed E-state index contributed by atoms with van der Waals surface area (Å²) in [5.41, 5.74) is 3.58. The molecule has 5 rings (SSSR count). The van der Waals surface area contributed by atoms with Gasteiger partial charge in [0.05, 0.1) is 19.8 Å². The number of fused-ring (bicyclic) bond motifs is 5. The number of hydrogen-bond acceptors (Lipinski definition) is 4. The lowest BCUT2D eigenvalue weighted by molar-refractivity contribution is -0.222. The monoisotopic (exact) mass is 526 g/mol. The van der Waals surface area contributed by atoms with Crippen LogP contribution >= 0.6 is 0 Å². The summed E-state index contributed by atoms with van der Waals surface area (Å²) in [5, 5.41) is 0. The van der Waals surface area contributed by atoms with Gasteiger partial charge in [0, 0.05) is 12.3 Å². The molecule has 4 nitrogen and oxygen atoms in total. The average molecular weight is 527 g/mol. The van der Waals surface area contributed by atoms with Crippen molar-refractivity contribution in [3.8, 4) is 0 Å². The lowest BCUT2D eigenvalue weighted by Gasteiger charge is -2.71. The number of rotatable bonds is 7. The first kappa shape index (κ1) is 28.4. The van der Waals surface area contributed by atoms with Crippen LogP contribution in [0, 0.1) is 51.2 Å². The Morgan fingerprint density at radius 1 is 0.868 bits per heavy atom. The number of ether oxygens (including phenoxy) is 3. The summed E-state index contributed by atoms with van der Waals surface area (Å²) in [6.07, 6.45) is 12.0. The third-order valence-corrected chi connectivity index (χ3v) is 13.3. The second kappa shape index (κ2) is 10.1. The number of allylic oxidation sites excluding steroid dienone is 2. The van der Waals surface area contributed by atoms with Crippen molar-refractivity contribution in [2.24, 2.45) is 51.2 Å². The highest BCUT2D eigenvalue weighted by molar-refractivity contribution is 5.65.